The highest BCUT2D eigenvalue weighted by Gasteiger charge is 2.27. The quantitative estimate of drug-likeness (QED) is 0.773. The molecule has 0 saturated carbocycles. The van der Waals surface area contributed by atoms with E-state index in [1.54, 1.807) is 12.1 Å². The minimum absolute atomic E-state index is 0.158. The fourth-order valence-electron chi connectivity index (χ4n) is 3.08. The number of hydrogen-bond donors (Lipinski definition) is 1. The number of ether oxygens (including phenoxy) is 1. The Kier molecular flexibility index (Phi) is 6.36. The fraction of sp³-hybridized carbons (Fsp3) is 0.381. The van der Waals surface area contributed by atoms with Crippen LogP contribution in [0, 0.1) is 6.92 Å². The van der Waals surface area contributed by atoms with Gasteiger partial charge in [-0.1, -0.05) is 23.8 Å². The van der Waals surface area contributed by atoms with Gasteiger partial charge in [-0.3, -0.25) is 4.79 Å². The molecule has 150 valence electrons. The molecule has 2 aromatic carbocycles. The van der Waals surface area contributed by atoms with Gasteiger partial charge in [0.05, 0.1) is 10.9 Å². The van der Waals surface area contributed by atoms with Crippen LogP contribution in [0.2, 0.25) is 0 Å². The average Bonchev–Trinajstić information content (AvgIpc) is 3.23. The lowest BCUT2D eigenvalue weighted by atomic mass is 10.2. The molecule has 1 aliphatic heterocycles. The minimum Gasteiger partial charge on any atom is -0.491 e. The summed E-state index contributed by atoms with van der Waals surface area (Å²) in [7, 11) is -3.54. The van der Waals surface area contributed by atoms with Gasteiger partial charge in [0.2, 0.25) is 10.0 Å². The summed E-state index contributed by atoms with van der Waals surface area (Å²) < 4.78 is 32.5. The molecule has 1 saturated heterocycles. The van der Waals surface area contributed by atoms with Crippen molar-refractivity contribution in [2.45, 2.75) is 37.6 Å². The highest BCUT2D eigenvalue weighted by atomic mass is 32.2. The molecule has 0 aliphatic carbocycles. The number of benzene rings is 2. The summed E-state index contributed by atoms with van der Waals surface area (Å²) in [6, 6.07) is 13.7. The van der Waals surface area contributed by atoms with Gasteiger partial charge in [-0.2, -0.15) is 4.31 Å². The number of sulfonamides is 1. The van der Waals surface area contributed by atoms with Crippen molar-refractivity contribution in [2.24, 2.45) is 0 Å². The van der Waals surface area contributed by atoms with E-state index in [-0.39, 0.29) is 16.8 Å². The van der Waals surface area contributed by atoms with Crippen molar-refractivity contribution < 1.29 is 17.9 Å². The molecule has 6 nitrogen and oxygen atoms in total. The minimum atomic E-state index is -3.54. The first-order valence-electron chi connectivity index (χ1n) is 9.47. The second-order valence-corrected chi connectivity index (χ2v) is 9.08. The smallest absolute Gasteiger partial charge is 0.251 e. The summed E-state index contributed by atoms with van der Waals surface area (Å²) in [4.78, 5) is 12.7. The number of amides is 1. The molecule has 28 heavy (non-hydrogen) atoms. The van der Waals surface area contributed by atoms with Crippen molar-refractivity contribution in [3.63, 3.8) is 0 Å². The molecule has 1 fully saturated rings. The Hall–Kier alpha value is -2.38. The molecule has 3 rings (SSSR count). The zero-order chi connectivity index (χ0) is 20.1. The molecule has 0 aromatic heterocycles. The van der Waals surface area contributed by atoms with E-state index in [2.05, 4.69) is 5.32 Å². The van der Waals surface area contributed by atoms with Gasteiger partial charge in [0.25, 0.3) is 5.91 Å². The Morgan fingerprint density at radius 3 is 2.50 bits per heavy atom. The molecule has 0 bridgehead atoms. The lowest BCUT2D eigenvalue weighted by molar-refractivity contribution is 0.0926. The maximum atomic E-state index is 12.7. The zero-order valence-electron chi connectivity index (χ0n) is 16.2. The largest absolute Gasteiger partial charge is 0.491 e. The number of nitrogens with zero attached hydrogens (tertiary/aromatic N) is 1. The molecule has 2 aromatic rings. The Balaban J connectivity index is 1.61. The summed E-state index contributed by atoms with van der Waals surface area (Å²) >= 11 is 0. The van der Waals surface area contributed by atoms with E-state index in [0.29, 0.717) is 25.3 Å². The second-order valence-electron chi connectivity index (χ2n) is 7.14. The van der Waals surface area contributed by atoms with Crippen LogP contribution in [0.1, 0.15) is 35.7 Å². The van der Waals surface area contributed by atoms with Crippen molar-refractivity contribution in [3.8, 4) is 5.75 Å². The van der Waals surface area contributed by atoms with Crippen molar-refractivity contribution in [1.82, 2.24) is 9.62 Å². The molecule has 1 amide bonds. The van der Waals surface area contributed by atoms with Crippen molar-refractivity contribution in [1.29, 1.82) is 0 Å². The molecule has 0 unspecified atom stereocenters. The molecular formula is C21H26N2O4S. The van der Waals surface area contributed by atoms with E-state index in [9.17, 15) is 13.2 Å². The summed E-state index contributed by atoms with van der Waals surface area (Å²) in [5.74, 6) is 0.420. The SMILES string of the molecule is Cc1ccc(OC[C@@H](C)NC(=O)c2cccc(S(=O)(=O)N3CCCC3)c2)cc1. The van der Waals surface area contributed by atoms with Gasteiger partial charge in [-0.05, 0) is 57.0 Å². The Morgan fingerprint density at radius 2 is 1.82 bits per heavy atom. The standard InChI is InChI=1S/C21H26N2O4S/c1-16-8-10-19(11-9-16)27-15-17(2)22-21(24)18-6-5-7-20(14-18)28(25,26)23-12-3-4-13-23/h5-11,14,17H,3-4,12-13,15H2,1-2H3,(H,22,24)/t17-/m1/s1. The highest BCUT2D eigenvalue weighted by Crippen LogP contribution is 2.21. The Morgan fingerprint density at radius 1 is 1.14 bits per heavy atom. The van der Waals surface area contributed by atoms with Crippen molar-refractivity contribution in [2.75, 3.05) is 19.7 Å². The fourth-order valence-corrected chi connectivity index (χ4v) is 4.64. The first-order valence-corrected chi connectivity index (χ1v) is 10.9. The predicted molar refractivity (Wildman–Crippen MR) is 108 cm³/mol. The van der Waals surface area contributed by atoms with Crippen LogP contribution >= 0.6 is 0 Å². The van der Waals surface area contributed by atoms with E-state index >= 15 is 0 Å². The normalized spacial score (nSPS) is 15.9. The number of carbonyl (C=O) groups is 1. The lowest BCUT2D eigenvalue weighted by Crippen LogP contribution is -2.37. The van der Waals surface area contributed by atoms with Crippen LogP contribution in [-0.2, 0) is 10.0 Å². The molecule has 1 atom stereocenters. The van der Waals surface area contributed by atoms with Gasteiger partial charge in [0.15, 0.2) is 0 Å². The van der Waals surface area contributed by atoms with Crippen LogP contribution in [0.25, 0.3) is 0 Å². The maximum Gasteiger partial charge on any atom is 0.251 e. The second kappa shape index (κ2) is 8.75. The van der Waals surface area contributed by atoms with E-state index in [4.69, 9.17) is 4.74 Å². The molecule has 1 aliphatic rings. The monoisotopic (exact) mass is 402 g/mol. The Bertz CT molecular complexity index is 920. The first kappa shape index (κ1) is 20.4. The lowest BCUT2D eigenvalue weighted by Gasteiger charge is -2.17. The van der Waals surface area contributed by atoms with Gasteiger partial charge in [0, 0.05) is 18.7 Å². The molecule has 1 N–H and O–H groups in total. The first-order chi connectivity index (χ1) is 13.4. The molecule has 7 heteroatoms. The van der Waals surface area contributed by atoms with Crippen LogP contribution in [0.15, 0.2) is 53.4 Å². The molecule has 1 heterocycles. The number of rotatable bonds is 7. The third-order valence-corrected chi connectivity index (χ3v) is 6.59. The molecular weight excluding hydrogens is 376 g/mol. The molecule has 0 radical (unpaired) electrons. The summed E-state index contributed by atoms with van der Waals surface area (Å²) in [6.45, 7) is 5.24. The van der Waals surface area contributed by atoms with Gasteiger partial charge in [0.1, 0.15) is 12.4 Å². The van der Waals surface area contributed by atoms with Crippen LogP contribution in [0.5, 0.6) is 5.75 Å². The van der Waals surface area contributed by atoms with Crippen molar-refractivity contribution in [3.05, 3.63) is 59.7 Å². The topological polar surface area (TPSA) is 75.7 Å². The van der Waals surface area contributed by atoms with Crippen LogP contribution in [0.4, 0.5) is 0 Å². The van der Waals surface area contributed by atoms with Gasteiger partial charge in [-0.15, -0.1) is 0 Å². The van der Waals surface area contributed by atoms with Crippen molar-refractivity contribution >= 4 is 15.9 Å². The third-order valence-electron chi connectivity index (χ3n) is 4.70. The van der Waals surface area contributed by atoms with E-state index < -0.39 is 10.0 Å². The Labute approximate surface area is 166 Å². The summed E-state index contributed by atoms with van der Waals surface area (Å²) in [5.41, 5.74) is 1.47. The van der Waals surface area contributed by atoms with E-state index in [1.807, 2.05) is 38.1 Å². The summed E-state index contributed by atoms with van der Waals surface area (Å²) in [6.07, 6.45) is 1.75. The average molecular weight is 403 g/mol. The van der Waals surface area contributed by atoms with Gasteiger partial charge >= 0.3 is 0 Å². The van der Waals surface area contributed by atoms with Crippen LogP contribution in [0.3, 0.4) is 0 Å². The number of carbonyl (C=O) groups excluding carboxylic acids is 1. The van der Waals surface area contributed by atoms with Gasteiger partial charge < -0.3 is 10.1 Å². The van der Waals surface area contributed by atoms with Gasteiger partial charge in [-0.25, -0.2) is 8.42 Å². The maximum absolute atomic E-state index is 12.7. The van der Waals surface area contributed by atoms with Crippen LogP contribution in [-0.4, -0.2) is 44.4 Å². The van der Waals surface area contributed by atoms with E-state index in [0.717, 1.165) is 24.2 Å². The summed E-state index contributed by atoms with van der Waals surface area (Å²) in [5, 5.41) is 2.85. The number of nitrogens with one attached hydrogen (secondary N) is 1. The number of hydrogen-bond acceptors (Lipinski definition) is 4. The zero-order valence-corrected chi connectivity index (χ0v) is 17.0. The highest BCUT2D eigenvalue weighted by molar-refractivity contribution is 7.89. The van der Waals surface area contributed by atoms with E-state index in [1.165, 1.54) is 16.4 Å². The number of aryl methyl sites for hydroxylation is 1. The predicted octanol–water partition coefficient (Wildman–Crippen LogP) is 2.98. The van der Waals surface area contributed by atoms with Crippen LogP contribution < -0.4 is 10.1 Å². The third kappa shape index (κ3) is 4.91. The molecule has 0 spiro atoms.